The van der Waals surface area contributed by atoms with E-state index < -0.39 is 16.7 Å². The molecule has 0 atom stereocenters. The molecular weight excluding hydrogens is 438 g/mol. The second-order valence-corrected chi connectivity index (χ2v) is 7.14. The van der Waals surface area contributed by atoms with Crippen LogP contribution in [-0.4, -0.2) is 23.8 Å². The zero-order chi connectivity index (χ0) is 24.1. The van der Waals surface area contributed by atoms with Gasteiger partial charge < -0.3 is 9.15 Å². The number of ether oxygens (including phenoxy) is 1. The molecule has 0 spiro atoms. The lowest BCUT2D eigenvalue weighted by Gasteiger charge is -2.09. The van der Waals surface area contributed by atoms with Gasteiger partial charge in [-0.05, 0) is 23.3 Å². The first-order valence-electron chi connectivity index (χ1n) is 10.1. The van der Waals surface area contributed by atoms with Crippen molar-refractivity contribution in [1.82, 2.24) is 10.9 Å². The molecule has 0 saturated carbocycles. The van der Waals surface area contributed by atoms with Crippen LogP contribution in [0.15, 0.2) is 89.5 Å². The molecule has 0 radical (unpaired) electrons. The molecule has 0 fully saturated rings. The molecule has 0 aliphatic heterocycles. The number of furan rings is 1. The largest absolute Gasteiger partial charge is 0.490 e. The molecule has 0 aliphatic carbocycles. The van der Waals surface area contributed by atoms with E-state index in [9.17, 15) is 19.7 Å². The van der Waals surface area contributed by atoms with E-state index in [0.29, 0.717) is 11.1 Å². The van der Waals surface area contributed by atoms with Crippen LogP contribution in [0.1, 0.15) is 20.9 Å². The number of nitro groups is 1. The average molecular weight is 457 g/mol. The maximum Gasteiger partial charge on any atom is 0.311 e. The quantitative estimate of drug-likeness (QED) is 0.322. The van der Waals surface area contributed by atoms with Crippen molar-refractivity contribution in [2.45, 2.75) is 0 Å². The molecule has 2 amide bonds. The summed E-state index contributed by atoms with van der Waals surface area (Å²) in [4.78, 5) is 36.0. The number of nitro benzene ring substituents is 1. The van der Waals surface area contributed by atoms with Gasteiger partial charge in [-0.3, -0.25) is 30.6 Å². The predicted octanol–water partition coefficient (Wildman–Crippen LogP) is 4.61. The summed E-state index contributed by atoms with van der Waals surface area (Å²) in [7, 11) is 1.29. The van der Waals surface area contributed by atoms with Gasteiger partial charge in [0.15, 0.2) is 5.75 Å². The zero-order valence-electron chi connectivity index (χ0n) is 18.0. The fourth-order valence-corrected chi connectivity index (χ4v) is 3.46. The minimum atomic E-state index is -0.741. The highest BCUT2D eigenvalue weighted by molar-refractivity contribution is 6.04. The highest BCUT2D eigenvalue weighted by atomic mass is 16.6. The Bertz CT molecular complexity index is 1350. The normalized spacial score (nSPS) is 10.4. The molecule has 0 saturated heterocycles. The standard InChI is InChI=1S/C25H19N3O6/c1-33-21-13-12-18(14-20(21)28(31)32)24(29)26-27-25(30)23-22(17-10-6-3-7-11-17)19(15-34-23)16-8-4-2-5-9-16/h2-15H,1H3,(H,26,29)(H,27,30). The first-order valence-corrected chi connectivity index (χ1v) is 10.1. The average Bonchev–Trinajstić information content (AvgIpc) is 3.33. The first-order chi connectivity index (χ1) is 16.5. The third kappa shape index (κ3) is 4.49. The summed E-state index contributed by atoms with van der Waals surface area (Å²) in [6.07, 6.45) is 1.49. The van der Waals surface area contributed by atoms with Gasteiger partial charge in [-0.15, -0.1) is 0 Å². The van der Waals surface area contributed by atoms with E-state index in [1.54, 1.807) is 0 Å². The molecule has 3 aromatic carbocycles. The maximum atomic E-state index is 12.9. The summed E-state index contributed by atoms with van der Waals surface area (Å²) in [5.74, 6) is -1.40. The van der Waals surface area contributed by atoms with E-state index in [-0.39, 0.29) is 22.8 Å². The van der Waals surface area contributed by atoms with Gasteiger partial charge in [0.2, 0.25) is 5.76 Å². The van der Waals surface area contributed by atoms with Gasteiger partial charge in [-0.25, -0.2) is 0 Å². The van der Waals surface area contributed by atoms with Gasteiger partial charge in [0.05, 0.1) is 18.3 Å². The predicted molar refractivity (Wildman–Crippen MR) is 124 cm³/mol. The molecule has 9 heteroatoms. The molecule has 170 valence electrons. The van der Waals surface area contributed by atoms with E-state index in [4.69, 9.17) is 9.15 Å². The minimum Gasteiger partial charge on any atom is -0.490 e. The number of nitrogens with zero attached hydrogens (tertiary/aromatic N) is 1. The van der Waals surface area contributed by atoms with E-state index in [1.165, 1.54) is 25.5 Å². The number of carbonyl (C=O) groups excluding carboxylic acids is 2. The van der Waals surface area contributed by atoms with E-state index >= 15 is 0 Å². The van der Waals surface area contributed by atoms with Crippen LogP contribution in [0.2, 0.25) is 0 Å². The maximum absolute atomic E-state index is 12.9. The molecule has 0 aliphatic rings. The van der Waals surface area contributed by atoms with E-state index in [2.05, 4.69) is 10.9 Å². The van der Waals surface area contributed by atoms with Crippen LogP contribution >= 0.6 is 0 Å². The second kappa shape index (κ2) is 9.70. The van der Waals surface area contributed by atoms with Gasteiger partial charge in [0, 0.05) is 22.8 Å². The monoisotopic (exact) mass is 457 g/mol. The van der Waals surface area contributed by atoms with Crippen molar-refractivity contribution in [2.75, 3.05) is 7.11 Å². The van der Waals surface area contributed by atoms with Crippen LogP contribution in [0.3, 0.4) is 0 Å². The Morgan fingerprint density at radius 3 is 2.12 bits per heavy atom. The lowest BCUT2D eigenvalue weighted by atomic mass is 9.96. The number of methoxy groups -OCH3 is 1. The molecular formula is C25H19N3O6. The highest BCUT2D eigenvalue weighted by Gasteiger charge is 2.24. The summed E-state index contributed by atoms with van der Waals surface area (Å²) in [5.41, 5.74) is 7.09. The Morgan fingerprint density at radius 2 is 1.50 bits per heavy atom. The van der Waals surface area contributed by atoms with E-state index in [0.717, 1.165) is 17.2 Å². The molecule has 0 unspecified atom stereocenters. The molecule has 34 heavy (non-hydrogen) atoms. The highest BCUT2D eigenvalue weighted by Crippen LogP contribution is 2.36. The van der Waals surface area contributed by atoms with Gasteiger partial charge in [-0.2, -0.15) is 0 Å². The third-order valence-electron chi connectivity index (χ3n) is 5.07. The SMILES string of the molecule is COc1ccc(C(=O)NNC(=O)c2occ(-c3ccccc3)c2-c2ccccc2)cc1[N+](=O)[O-]. The van der Waals surface area contributed by atoms with Crippen molar-refractivity contribution in [1.29, 1.82) is 0 Å². The van der Waals surface area contributed by atoms with Crippen molar-refractivity contribution in [3.63, 3.8) is 0 Å². The topological polar surface area (TPSA) is 124 Å². The first kappa shape index (κ1) is 22.3. The molecule has 1 aromatic heterocycles. The van der Waals surface area contributed by atoms with Crippen molar-refractivity contribution in [2.24, 2.45) is 0 Å². The smallest absolute Gasteiger partial charge is 0.311 e. The van der Waals surface area contributed by atoms with Crippen LogP contribution in [0, 0.1) is 10.1 Å². The molecule has 4 aromatic rings. The number of hydrogen-bond donors (Lipinski definition) is 2. The molecule has 0 bridgehead atoms. The van der Waals surface area contributed by atoms with Gasteiger partial charge in [0.25, 0.3) is 5.91 Å². The summed E-state index contributed by atoms with van der Waals surface area (Å²) >= 11 is 0. The Balaban J connectivity index is 1.60. The lowest BCUT2D eigenvalue weighted by Crippen LogP contribution is -2.41. The summed E-state index contributed by atoms with van der Waals surface area (Å²) < 4.78 is 10.6. The van der Waals surface area contributed by atoms with Gasteiger partial charge in [0.1, 0.15) is 0 Å². The number of benzene rings is 3. The fourth-order valence-electron chi connectivity index (χ4n) is 3.46. The van der Waals surface area contributed by atoms with Crippen molar-refractivity contribution in [3.05, 3.63) is 107 Å². The van der Waals surface area contributed by atoms with Gasteiger partial charge >= 0.3 is 11.6 Å². The van der Waals surface area contributed by atoms with Crippen LogP contribution in [0.5, 0.6) is 5.75 Å². The molecule has 2 N–H and O–H groups in total. The summed E-state index contributed by atoms with van der Waals surface area (Å²) in [6, 6.07) is 22.4. The Hall–Kier alpha value is -4.92. The number of hydrazine groups is 1. The number of hydrogen-bond acceptors (Lipinski definition) is 6. The Kier molecular flexibility index (Phi) is 6.35. The van der Waals surface area contributed by atoms with Gasteiger partial charge in [-0.1, -0.05) is 60.7 Å². The van der Waals surface area contributed by atoms with Crippen molar-refractivity contribution < 1.29 is 23.7 Å². The van der Waals surface area contributed by atoms with Crippen LogP contribution in [0.25, 0.3) is 22.3 Å². The zero-order valence-corrected chi connectivity index (χ0v) is 18.0. The van der Waals surface area contributed by atoms with Crippen molar-refractivity contribution in [3.8, 4) is 28.0 Å². The lowest BCUT2D eigenvalue weighted by molar-refractivity contribution is -0.385. The Labute approximate surface area is 194 Å². The van der Waals surface area contributed by atoms with Crippen LogP contribution in [0.4, 0.5) is 5.69 Å². The Morgan fingerprint density at radius 1 is 0.882 bits per heavy atom. The summed E-state index contributed by atoms with van der Waals surface area (Å²) in [6.45, 7) is 0. The van der Waals surface area contributed by atoms with Crippen LogP contribution < -0.4 is 15.6 Å². The van der Waals surface area contributed by atoms with Crippen LogP contribution in [-0.2, 0) is 0 Å². The number of rotatable bonds is 6. The second-order valence-electron chi connectivity index (χ2n) is 7.14. The summed E-state index contributed by atoms with van der Waals surface area (Å²) in [5, 5.41) is 11.2. The number of carbonyl (C=O) groups is 2. The number of nitrogens with one attached hydrogen (secondary N) is 2. The molecule has 1 heterocycles. The van der Waals surface area contributed by atoms with Crippen molar-refractivity contribution >= 4 is 17.5 Å². The molecule has 9 nitrogen and oxygen atoms in total. The van der Waals surface area contributed by atoms with E-state index in [1.807, 2.05) is 60.7 Å². The number of amides is 2. The fraction of sp³-hybridized carbons (Fsp3) is 0.0400. The molecule has 4 rings (SSSR count). The minimum absolute atomic E-state index is 0.00562. The third-order valence-corrected chi connectivity index (χ3v) is 5.07.